The Hall–Kier alpha value is -1.50. The van der Waals surface area contributed by atoms with E-state index in [9.17, 15) is 9.59 Å². The van der Waals surface area contributed by atoms with E-state index in [4.69, 9.17) is 17.3 Å². The molecule has 0 aliphatic carbocycles. The van der Waals surface area contributed by atoms with E-state index in [0.29, 0.717) is 42.5 Å². The van der Waals surface area contributed by atoms with Gasteiger partial charge in [0.1, 0.15) is 0 Å². The number of likely N-dealkylation sites (tertiary alicyclic amines) is 1. The Kier molecular flexibility index (Phi) is 5.73. The van der Waals surface area contributed by atoms with E-state index in [-0.39, 0.29) is 30.4 Å². The molecule has 3 rings (SSSR count). The molecule has 1 unspecified atom stereocenters. The summed E-state index contributed by atoms with van der Waals surface area (Å²) in [5, 5.41) is 3.14. The van der Waals surface area contributed by atoms with Gasteiger partial charge in [-0.1, -0.05) is 11.6 Å². The third kappa shape index (κ3) is 3.39. The number of carbonyl (C=O) groups excluding carboxylic acids is 2. The van der Waals surface area contributed by atoms with Crippen LogP contribution in [-0.4, -0.2) is 49.1 Å². The molecule has 126 valence electrons. The summed E-state index contributed by atoms with van der Waals surface area (Å²) in [7, 11) is 0. The summed E-state index contributed by atoms with van der Waals surface area (Å²) < 4.78 is 0. The van der Waals surface area contributed by atoms with Crippen molar-refractivity contribution in [2.75, 3.05) is 31.1 Å². The maximum Gasteiger partial charge on any atom is 0.321 e. The van der Waals surface area contributed by atoms with Crippen LogP contribution in [0.1, 0.15) is 23.2 Å². The molecule has 23 heavy (non-hydrogen) atoms. The first-order valence-electron chi connectivity index (χ1n) is 7.48. The third-order valence-electron chi connectivity index (χ3n) is 4.26. The summed E-state index contributed by atoms with van der Waals surface area (Å²) in [4.78, 5) is 27.9. The van der Waals surface area contributed by atoms with Crippen LogP contribution in [0.15, 0.2) is 18.2 Å². The van der Waals surface area contributed by atoms with E-state index in [2.05, 4.69) is 5.32 Å². The van der Waals surface area contributed by atoms with Crippen molar-refractivity contribution in [2.24, 2.45) is 5.73 Å². The molecule has 0 radical (unpaired) electrons. The molecule has 2 fully saturated rings. The molecule has 0 spiro atoms. The molecule has 0 saturated carbocycles. The Morgan fingerprint density at radius 1 is 1.39 bits per heavy atom. The van der Waals surface area contributed by atoms with Crippen molar-refractivity contribution in [1.29, 1.82) is 0 Å². The monoisotopic (exact) mass is 358 g/mol. The Bertz CT molecular complexity index is 611. The van der Waals surface area contributed by atoms with Crippen LogP contribution in [0.5, 0.6) is 0 Å². The molecular formula is C15H20Cl2N4O2. The van der Waals surface area contributed by atoms with Crippen molar-refractivity contribution < 1.29 is 9.59 Å². The maximum absolute atomic E-state index is 12.8. The zero-order valence-corrected chi connectivity index (χ0v) is 14.2. The Balaban J connectivity index is 0.00000192. The quantitative estimate of drug-likeness (QED) is 0.865. The van der Waals surface area contributed by atoms with Gasteiger partial charge in [0.25, 0.3) is 5.91 Å². The average molecular weight is 359 g/mol. The summed E-state index contributed by atoms with van der Waals surface area (Å²) in [6.45, 7) is 2.35. The molecule has 1 aromatic carbocycles. The normalized spacial score (nSPS) is 20.4. The molecular weight excluding hydrogens is 339 g/mol. The van der Waals surface area contributed by atoms with Gasteiger partial charge >= 0.3 is 6.03 Å². The highest BCUT2D eigenvalue weighted by Gasteiger charge is 2.30. The van der Waals surface area contributed by atoms with Gasteiger partial charge in [-0.3, -0.25) is 9.69 Å². The first kappa shape index (κ1) is 17.8. The number of halogens is 2. The van der Waals surface area contributed by atoms with Gasteiger partial charge in [0.05, 0.1) is 10.6 Å². The molecule has 0 bridgehead atoms. The summed E-state index contributed by atoms with van der Waals surface area (Å²) in [5.74, 6) is -0.112. The van der Waals surface area contributed by atoms with Crippen LogP contribution < -0.4 is 16.0 Å². The molecule has 8 heteroatoms. The predicted molar refractivity (Wildman–Crippen MR) is 92.6 cm³/mol. The fourth-order valence-corrected chi connectivity index (χ4v) is 3.26. The van der Waals surface area contributed by atoms with Gasteiger partial charge in [0.2, 0.25) is 0 Å². The second-order valence-electron chi connectivity index (χ2n) is 5.58. The van der Waals surface area contributed by atoms with E-state index in [0.717, 1.165) is 12.8 Å². The van der Waals surface area contributed by atoms with Crippen molar-refractivity contribution in [3.05, 3.63) is 28.8 Å². The van der Waals surface area contributed by atoms with Gasteiger partial charge < -0.3 is 16.0 Å². The molecule has 0 aromatic heterocycles. The number of anilines is 1. The van der Waals surface area contributed by atoms with Gasteiger partial charge in [-0.25, -0.2) is 4.79 Å². The molecule has 3 amide bonds. The van der Waals surface area contributed by atoms with Crippen LogP contribution >= 0.6 is 24.0 Å². The number of nitrogens with one attached hydrogen (secondary N) is 1. The lowest BCUT2D eigenvalue weighted by Gasteiger charge is -2.24. The summed E-state index contributed by atoms with van der Waals surface area (Å²) in [6, 6.07) is 5.04. The van der Waals surface area contributed by atoms with Gasteiger partial charge in [-0.15, -0.1) is 12.4 Å². The fourth-order valence-electron chi connectivity index (χ4n) is 3.07. The number of benzene rings is 1. The molecule has 2 heterocycles. The zero-order chi connectivity index (χ0) is 15.7. The van der Waals surface area contributed by atoms with Gasteiger partial charge in [0.15, 0.2) is 0 Å². The summed E-state index contributed by atoms with van der Waals surface area (Å²) in [5.41, 5.74) is 6.85. The summed E-state index contributed by atoms with van der Waals surface area (Å²) >= 11 is 6.21. The predicted octanol–water partition coefficient (Wildman–Crippen LogP) is 1.85. The minimum absolute atomic E-state index is 0. The molecule has 2 aliphatic heterocycles. The van der Waals surface area contributed by atoms with E-state index >= 15 is 0 Å². The van der Waals surface area contributed by atoms with E-state index in [1.807, 2.05) is 0 Å². The second-order valence-corrected chi connectivity index (χ2v) is 5.99. The smallest absolute Gasteiger partial charge is 0.321 e. The third-order valence-corrected chi connectivity index (χ3v) is 4.59. The first-order valence-corrected chi connectivity index (χ1v) is 7.85. The van der Waals surface area contributed by atoms with Crippen molar-refractivity contribution in [3.8, 4) is 0 Å². The van der Waals surface area contributed by atoms with Crippen molar-refractivity contribution in [3.63, 3.8) is 0 Å². The molecule has 2 aliphatic rings. The van der Waals surface area contributed by atoms with Crippen LogP contribution in [0.3, 0.4) is 0 Å². The van der Waals surface area contributed by atoms with Crippen LogP contribution in [0, 0.1) is 0 Å². The zero-order valence-electron chi connectivity index (χ0n) is 12.6. The number of carbonyl (C=O) groups is 2. The number of urea groups is 1. The van der Waals surface area contributed by atoms with E-state index < -0.39 is 0 Å². The number of hydrogen-bond donors (Lipinski definition) is 2. The minimum atomic E-state index is -0.151. The Morgan fingerprint density at radius 3 is 2.83 bits per heavy atom. The molecule has 3 N–H and O–H groups in total. The number of nitrogens with zero attached hydrogens (tertiary/aromatic N) is 2. The van der Waals surface area contributed by atoms with E-state index in [1.165, 1.54) is 0 Å². The van der Waals surface area contributed by atoms with Crippen LogP contribution in [0.25, 0.3) is 0 Å². The minimum Gasteiger partial charge on any atom is -0.336 e. The average Bonchev–Trinajstić information content (AvgIpc) is 3.15. The Morgan fingerprint density at radius 2 is 2.17 bits per heavy atom. The topological polar surface area (TPSA) is 78.7 Å². The highest BCUT2D eigenvalue weighted by Crippen LogP contribution is 2.28. The Labute approximate surface area is 146 Å². The van der Waals surface area contributed by atoms with Crippen molar-refractivity contribution in [1.82, 2.24) is 10.2 Å². The highest BCUT2D eigenvalue weighted by atomic mass is 35.5. The summed E-state index contributed by atoms with van der Waals surface area (Å²) in [6.07, 6.45) is 1.88. The largest absolute Gasteiger partial charge is 0.336 e. The SMILES string of the molecule is Cl.NCC1CCCN1C(=O)c1cc(N2CCNC2=O)ccc1Cl. The van der Waals surface area contributed by atoms with Gasteiger partial charge in [-0.05, 0) is 31.0 Å². The molecule has 2 saturated heterocycles. The van der Waals surface area contributed by atoms with E-state index in [1.54, 1.807) is 28.0 Å². The maximum atomic E-state index is 12.8. The number of hydrogen-bond acceptors (Lipinski definition) is 3. The lowest BCUT2D eigenvalue weighted by atomic mass is 10.1. The standard InChI is InChI=1S/C15H19ClN4O2.ClH/c16-13-4-3-10(20-7-5-18-15(20)22)8-12(13)14(21)19-6-1-2-11(19)9-17;/h3-4,8,11H,1-2,5-7,9,17H2,(H,18,22);1H. The van der Waals surface area contributed by atoms with Crippen LogP contribution in [0.4, 0.5) is 10.5 Å². The highest BCUT2D eigenvalue weighted by molar-refractivity contribution is 6.34. The van der Waals surface area contributed by atoms with Gasteiger partial charge in [-0.2, -0.15) is 0 Å². The molecule has 1 atom stereocenters. The number of amides is 3. The lowest BCUT2D eigenvalue weighted by Crippen LogP contribution is -2.40. The van der Waals surface area contributed by atoms with Crippen LogP contribution in [0.2, 0.25) is 5.02 Å². The fraction of sp³-hybridized carbons (Fsp3) is 0.467. The van der Waals surface area contributed by atoms with Crippen molar-refractivity contribution in [2.45, 2.75) is 18.9 Å². The first-order chi connectivity index (χ1) is 10.6. The number of nitrogens with two attached hydrogens (primary N) is 1. The molecule has 1 aromatic rings. The molecule has 6 nitrogen and oxygen atoms in total. The van der Waals surface area contributed by atoms with Crippen LogP contribution in [-0.2, 0) is 0 Å². The van der Waals surface area contributed by atoms with Crippen molar-refractivity contribution >= 4 is 41.6 Å². The number of rotatable bonds is 3. The van der Waals surface area contributed by atoms with Gasteiger partial charge in [0, 0.05) is 37.9 Å². The second kappa shape index (κ2) is 7.38. The lowest BCUT2D eigenvalue weighted by molar-refractivity contribution is 0.0741.